The maximum atomic E-state index is 12.8. The van der Waals surface area contributed by atoms with Crippen LogP contribution in [0.3, 0.4) is 0 Å². The highest BCUT2D eigenvalue weighted by Gasteiger charge is 2.17. The summed E-state index contributed by atoms with van der Waals surface area (Å²) in [5.41, 5.74) is 0. The number of hydrogen-bond donors (Lipinski definition) is 0. The third-order valence-electron chi connectivity index (χ3n) is 12.4. The van der Waals surface area contributed by atoms with Crippen LogP contribution in [0, 0.1) is 0 Å². The van der Waals surface area contributed by atoms with Gasteiger partial charge >= 0.3 is 11.9 Å². The predicted molar refractivity (Wildman–Crippen MR) is 279 cm³/mol. The molecule has 5 nitrogen and oxygen atoms in total. The van der Waals surface area contributed by atoms with Gasteiger partial charge in [0, 0.05) is 19.4 Å². The predicted octanol–water partition coefficient (Wildman–Crippen LogP) is 19.1. The molecule has 0 aliphatic carbocycles. The number of esters is 2. The summed E-state index contributed by atoms with van der Waals surface area (Å²) in [5.74, 6) is -0.397. The lowest BCUT2D eigenvalue weighted by molar-refractivity contribution is -0.163. The van der Waals surface area contributed by atoms with Gasteiger partial charge in [-0.15, -0.1) is 0 Å². The first-order valence-electron chi connectivity index (χ1n) is 28.2. The molecule has 64 heavy (non-hydrogen) atoms. The summed E-state index contributed by atoms with van der Waals surface area (Å²) in [6.45, 7) is 7.75. The normalized spacial score (nSPS) is 12.5. The number of carbonyl (C=O) groups is 2. The maximum absolute atomic E-state index is 12.8. The fourth-order valence-corrected chi connectivity index (χ4v) is 8.21. The van der Waals surface area contributed by atoms with Crippen molar-refractivity contribution in [3.05, 3.63) is 48.6 Å². The van der Waals surface area contributed by atoms with Gasteiger partial charge in [0.15, 0.2) is 6.10 Å². The smallest absolute Gasteiger partial charge is 0.306 e. The van der Waals surface area contributed by atoms with Crippen LogP contribution >= 0.6 is 0 Å². The summed E-state index contributed by atoms with van der Waals surface area (Å²) in [4.78, 5) is 25.5. The molecule has 1 unspecified atom stereocenters. The number of unbranched alkanes of at least 4 members (excludes halogenated alkanes) is 33. The molecular weight excluding hydrogens is 789 g/mol. The molecule has 0 heterocycles. The van der Waals surface area contributed by atoms with Crippen molar-refractivity contribution in [2.45, 2.75) is 297 Å². The molecule has 5 heteroatoms. The van der Waals surface area contributed by atoms with Crippen molar-refractivity contribution < 1.29 is 23.8 Å². The zero-order valence-electron chi connectivity index (χ0n) is 43.1. The molecule has 0 radical (unpaired) electrons. The number of ether oxygens (including phenoxy) is 3. The van der Waals surface area contributed by atoms with Gasteiger partial charge < -0.3 is 14.2 Å². The fraction of sp³-hybridized carbons (Fsp3) is 0.831. The van der Waals surface area contributed by atoms with Crippen LogP contribution in [0.15, 0.2) is 48.6 Å². The van der Waals surface area contributed by atoms with E-state index in [-0.39, 0.29) is 25.2 Å². The summed E-state index contributed by atoms with van der Waals surface area (Å²) in [5, 5.41) is 0. The van der Waals surface area contributed by atoms with E-state index in [0.717, 1.165) is 70.6 Å². The van der Waals surface area contributed by atoms with E-state index >= 15 is 0 Å². The molecule has 374 valence electrons. The Balaban J connectivity index is 4.18. The first-order valence-corrected chi connectivity index (χ1v) is 28.2. The van der Waals surface area contributed by atoms with Crippen molar-refractivity contribution in [3.63, 3.8) is 0 Å². The number of hydrogen-bond acceptors (Lipinski definition) is 5. The zero-order chi connectivity index (χ0) is 46.3. The van der Waals surface area contributed by atoms with E-state index in [1.165, 1.54) is 186 Å². The monoisotopic (exact) mass is 897 g/mol. The first kappa shape index (κ1) is 61.9. The summed E-state index contributed by atoms with van der Waals surface area (Å²) in [7, 11) is 0. The van der Waals surface area contributed by atoms with Gasteiger partial charge in [0.1, 0.15) is 6.61 Å². The van der Waals surface area contributed by atoms with E-state index in [1.807, 2.05) is 0 Å². The molecule has 1 atom stereocenters. The first-order chi connectivity index (χ1) is 31.6. The molecule has 0 N–H and O–H groups in total. The van der Waals surface area contributed by atoms with Gasteiger partial charge in [-0.2, -0.15) is 0 Å². The Labute approximate surface area is 399 Å². The summed E-state index contributed by atoms with van der Waals surface area (Å²) in [6, 6.07) is 0. The zero-order valence-corrected chi connectivity index (χ0v) is 43.1. The molecule has 0 fully saturated rings. The van der Waals surface area contributed by atoms with Crippen LogP contribution in [-0.4, -0.2) is 37.9 Å². The summed E-state index contributed by atoms with van der Waals surface area (Å²) < 4.78 is 17.4. The third kappa shape index (κ3) is 52.5. The minimum absolute atomic E-state index is 0.0824. The van der Waals surface area contributed by atoms with Crippen LogP contribution in [0.4, 0.5) is 0 Å². The molecule has 0 saturated carbocycles. The van der Waals surface area contributed by atoms with Crippen LogP contribution in [0.1, 0.15) is 290 Å². The van der Waals surface area contributed by atoms with Crippen molar-refractivity contribution >= 4 is 11.9 Å². The minimum atomic E-state index is -0.537. The SMILES string of the molecule is CC/C=C\C/C=C\C/C=C\C/C=C\CCCCCCCCC(=O)OCC(COCCCCCCCCCCCC)OC(=O)CCCCCCCCCCCCCCCCCCCCC. The lowest BCUT2D eigenvalue weighted by Gasteiger charge is -2.18. The lowest BCUT2D eigenvalue weighted by atomic mass is 10.0. The second-order valence-electron chi connectivity index (χ2n) is 18.8. The van der Waals surface area contributed by atoms with E-state index < -0.39 is 6.10 Å². The van der Waals surface area contributed by atoms with Gasteiger partial charge in [0.25, 0.3) is 0 Å². The molecule has 0 saturated heterocycles. The van der Waals surface area contributed by atoms with Crippen molar-refractivity contribution in [1.29, 1.82) is 0 Å². The Bertz CT molecular complexity index is 1060. The van der Waals surface area contributed by atoms with Crippen LogP contribution in [0.25, 0.3) is 0 Å². The number of carbonyl (C=O) groups excluding carboxylic acids is 2. The molecule has 0 aromatic rings. The van der Waals surface area contributed by atoms with E-state index in [0.29, 0.717) is 19.4 Å². The van der Waals surface area contributed by atoms with Gasteiger partial charge in [-0.3, -0.25) is 9.59 Å². The molecule has 0 amide bonds. The molecule has 0 rings (SSSR count). The molecule has 0 aromatic heterocycles. The molecule has 0 aromatic carbocycles. The Morgan fingerprint density at radius 2 is 0.703 bits per heavy atom. The van der Waals surface area contributed by atoms with E-state index in [9.17, 15) is 9.59 Å². The highest BCUT2D eigenvalue weighted by molar-refractivity contribution is 5.70. The van der Waals surface area contributed by atoms with E-state index in [2.05, 4.69) is 69.4 Å². The Hall–Kier alpha value is -2.14. The summed E-state index contributed by atoms with van der Waals surface area (Å²) >= 11 is 0. The van der Waals surface area contributed by atoms with Crippen molar-refractivity contribution in [3.8, 4) is 0 Å². The highest BCUT2D eigenvalue weighted by atomic mass is 16.6. The Morgan fingerprint density at radius 1 is 0.359 bits per heavy atom. The highest BCUT2D eigenvalue weighted by Crippen LogP contribution is 2.16. The van der Waals surface area contributed by atoms with E-state index in [4.69, 9.17) is 14.2 Å². The molecule has 0 spiro atoms. The van der Waals surface area contributed by atoms with Crippen molar-refractivity contribution in [1.82, 2.24) is 0 Å². The number of rotatable bonds is 52. The average molecular weight is 898 g/mol. The quantitative estimate of drug-likeness (QED) is 0.0346. The van der Waals surface area contributed by atoms with Crippen LogP contribution in [0.5, 0.6) is 0 Å². The Morgan fingerprint density at radius 3 is 1.12 bits per heavy atom. The average Bonchev–Trinajstić information content (AvgIpc) is 3.30. The molecule has 0 aliphatic rings. The largest absolute Gasteiger partial charge is 0.462 e. The molecule has 0 aliphatic heterocycles. The molecule has 0 bridgehead atoms. The van der Waals surface area contributed by atoms with Gasteiger partial charge in [-0.1, -0.05) is 268 Å². The van der Waals surface area contributed by atoms with Crippen LogP contribution in [-0.2, 0) is 23.8 Å². The minimum Gasteiger partial charge on any atom is -0.462 e. The van der Waals surface area contributed by atoms with Gasteiger partial charge in [0.2, 0.25) is 0 Å². The summed E-state index contributed by atoms with van der Waals surface area (Å²) in [6.07, 6.45) is 68.4. The lowest BCUT2D eigenvalue weighted by Crippen LogP contribution is -2.30. The fourth-order valence-electron chi connectivity index (χ4n) is 8.21. The number of allylic oxidation sites excluding steroid dienone is 8. The second kappa shape index (κ2) is 55.2. The molecular formula is C59H108O5. The van der Waals surface area contributed by atoms with Crippen molar-refractivity contribution in [2.24, 2.45) is 0 Å². The Kier molecular flexibility index (Phi) is 53.3. The maximum Gasteiger partial charge on any atom is 0.306 e. The van der Waals surface area contributed by atoms with Crippen molar-refractivity contribution in [2.75, 3.05) is 19.8 Å². The van der Waals surface area contributed by atoms with E-state index in [1.54, 1.807) is 0 Å². The topological polar surface area (TPSA) is 61.8 Å². The van der Waals surface area contributed by atoms with Gasteiger partial charge in [-0.25, -0.2) is 0 Å². The second-order valence-corrected chi connectivity index (χ2v) is 18.8. The van der Waals surface area contributed by atoms with Crippen LogP contribution in [0.2, 0.25) is 0 Å². The van der Waals surface area contributed by atoms with Crippen LogP contribution < -0.4 is 0 Å². The standard InChI is InChI=1S/C59H108O5/c1-4-7-10-13-16-19-22-24-26-28-30-32-34-36-38-40-43-46-49-52-58(60)63-56-57(55-62-54-51-48-45-42-21-18-15-12-9-6-3)64-59(61)53-50-47-44-41-39-37-35-33-31-29-27-25-23-20-17-14-11-8-5-2/h7,10,16,19,24,26,30,32,57H,4-6,8-9,11-15,17-18,20-23,25,27-29,31,33-56H2,1-3H3/b10-7-,19-16-,26-24-,32-30-. The van der Waals surface area contributed by atoms with Gasteiger partial charge in [-0.05, 0) is 57.8 Å². The van der Waals surface area contributed by atoms with Gasteiger partial charge in [0.05, 0.1) is 6.61 Å². The third-order valence-corrected chi connectivity index (χ3v) is 12.4.